The van der Waals surface area contributed by atoms with Crippen LogP contribution in [0.5, 0.6) is 0 Å². The standard InChI is InChI=1S/2C7H14O.2C6H12O.C5H10O/c1-4-7(8)5-6(2)3;1-4-6(3)7(8)5-2;1-4-6(7)5(2)3;1-3-5-6(7)4-2;1-3-5(6)4-2/h2*6H,4-5H2,1-3H3;5H,4H2,1-3H3;3-5H2,1-2H3;3-4H2,1-2H3. The van der Waals surface area contributed by atoms with Crippen molar-refractivity contribution in [3.63, 3.8) is 0 Å². The van der Waals surface area contributed by atoms with Gasteiger partial charge >= 0.3 is 0 Å². The second kappa shape index (κ2) is 33.4. The zero-order valence-corrected chi connectivity index (χ0v) is 26.3. The third-order valence-corrected chi connectivity index (χ3v) is 5.25. The van der Waals surface area contributed by atoms with E-state index in [1.54, 1.807) is 0 Å². The summed E-state index contributed by atoms with van der Waals surface area (Å²) in [5.41, 5.74) is 0. The van der Waals surface area contributed by atoms with Crippen LogP contribution in [0.3, 0.4) is 0 Å². The molecule has 0 saturated heterocycles. The predicted molar refractivity (Wildman–Crippen MR) is 155 cm³/mol. The Labute approximate surface area is 225 Å². The molecule has 0 amide bonds. The monoisotopic (exact) mass is 514 g/mol. The van der Waals surface area contributed by atoms with Gasteiger partial charge in [0, 0.05) is 63.2 Å². The van der Waals surface area contributed by atoms with Gasteiger partial charge in [-0.05, 0) is 18.8 Å². The van der Waals surface area contributed by atoms with Crippen LogP contribution in [0.4, 0.5) is 0 Å². The predicted octanol–water partition coefficient (Wildman–Crippen LogP) is 8.79. The molecule has 5 heteroatoms. The maximum atomic E-state index is 10.7. The molecule has 1 unspecified atom stereocenters. The van der Waals surface area contributed by atoms with Crippen LogP contribution in [0.25, 0.3) is 0 Å². The van der Waals surface area contributed by atoms with E-state index in [0.29, 0.717) is 73.4 Å². The van der Waals surface area contributed by atoms with Crippen molar-refractivity contribution in [2.45, 2.75) is 154 Å². The van der Waals surface area contributed by atoms with Gasteiger partial charge in [-0.1, -0.05) is 90.0 Å². The average molecular weight is 515 g/mol. The van der Waals surface area contributed by atoms with Gasteiger partial charge in [0.05, 0.1) is 0 Å². The van der Waals surface area contributed by atoms with Gasteiger partial charge in [-0.2, -0.15) is 0 Å². The Bertz CT molecular complexity index is 541. The molecule has 36 heavy (non-hydrogen) atoms. The van der Waals surface area contributed by atoms with Crippen LogP contribution in [-0.4, -0.2) is 28.9 Å². The minimum Gasteiger partial charge on any atom is -0.300 e. The number of hydrogen-bond acceptors (Lipinski definition) is 5. The molecule has 0 rings (SSSR count). The molecule has 0 bridgehead atoms. The number of Topliss-reactive ketones (excluding diaryl/α,β-unsaturated/α-hetero) is 5. The first kappa shape index (κ1) is 44.4. The summed E-state index contributed by atoms with van der Waals surface area (Å²) in [6, 6.07) is 0. The minimum atomic E-state index is 0.227. The Balaban J connectivity index is -0.000000112. The van der Waals surface area contributed by atoms with Crippen LogP contribution < -0.4 is 0 Å². The van der Waals surface area contributed by atoms with Crippen molar-refractivity contribution in [3.05, 3.63) is 0 Å². The first-order valence-corrected chi connectivity index (χ1v) is 14.3. The molecule has 0 spiro atoms. The fraction of sp³-hybridized carbons (Fsp3) is 0.839. The van der Waals surface area contributed by atoms with Crippen molar-refractivity contribution in [3.8, 4) is 0 Å². The summed E-state index contributed by atoms with van der Waals surface area (Å²) >= 11 is 0. The summed E-state index contributed by atoms with van der Waals surface area (Å²) in [4.78, 5) is 52.5. The van der Waals surface area contributed by atoms with Crippen molar-refractivity contribution in [1.29, 1.82) is 0 Å². The maximum absolute atomic E-state index is 10.7. The number of carbonyl (C=O) groups excluding carboxylic acids is 5. The third kappa shape index (κ3) is 42.5. The van der Waals surface area contributed by atoms with E-state index in [0.717, 1.165) is 25.7 Å². The molecule has 0 saturated carbocycles. The molecule has 0 fully saturated rings. The van der Waals surface area contributed by atoms with Gasteiger partial charge in [-0.15, -0.1) is 0 Å². The van der Waals surface area contributed by atoms with Crippen LogP contribution >= 0.6 is 0 Å². The molecule has 216 valence electrons. The largest absolute Gasteiger partial charge is 0.300 e. The Hall–Kier alpha value is -1.65. The van der Waals surface area contributed by atoms with Gasteiger partial charge < -0.3 is 0 Å². The molecule has 0 aliphatic carbocycles. The number of ketones is 5. The SMILES string of the molecule is CCC(=O)C(C)C.CCC(=O)C(C)CC.CCC(=O)CC.CCC(=O)CC(C)C.CCCC(=O)CC. The lowest BCUT2D eigenvalue weighted by Gasteiger charge is -2.02. The molecule has 1 atom stereocenters. The molecular weight excluding hydrogens is 452 g/mol. The summed E-state index contributed by atoms with van der Waals surface area (Å²) in [7, 11) is 0. The van der Waals surface area contributed by atoms with Gasteiger partial charge in [0.25, 0.3) is 0 Å². The molecule has 0 aromatic heterocycles. The highest BCUT2D eigenvalue weighted by Gasteiger charge is 2.05. The van der Waals surface area contributed by atoms with Crippen molar-refractivity contribution in [2.24, 2.45) is 17.8 Å². The molecular formula is C31H62O5. The van der Waals surface area contributed by atoms with Crippen LogP contribution in [0.2, 0.25) is 0 Å². The van der Waals surface area contributed by atoms with Crippen molar-refractivity contribution < 1.29 is 24.0 Å². The van der Waals surface area contributed by atoms with E-state index in [-0.39, 0.29) is 11.8 Å². The summed E-state index contributed by atoms with van der Waals surface area (Å²) < 4.78 is 0. The molecule has 0 radical (unpaired) electrons. The van der Waals surface area contributed by atoms with E-state index in [1.807, 2.05) is 76.2 Å². The topological polar surface area (TPSA) is 85.3 Å². The van der Waals surface area contributed by atoms with Crippen LogP contribution in [0.15, 0.2) is 0 Å². The van der Waals surface area contributed by atoms with Gasteiger partial charge in [0.2, 0.25) is 0 Å². The van der Waals surface area contributed by atoms with Gasteiger partial charge in [0.1, 0.15) is 28.9 Å². The summed E-state index contributed by atoms with van der Waals surface area (Å²) in [5.74, 6) is 2.86. The highest BCUT2D eigenvalue weighted by molar-refractivity contribution is 5.80. The van der Waals surface area contributed by atoms with E-state index >= 15 is 0 Å². The molecule has 0 aromatic carbocycles. The van der Waals surface area contributed by atoms with E-state index in [9.17, 15) is 24.0 Å². The third-order valence-electron chi connectivity index (χ3n) is 5.25. The van der Waals surface area contributed by atoms with Crippen molar-refractivity contribution in [2.75, 3.05) is 0 Å². The first-order chi connectivity index (χ1) is 16.7. The fourth-order valence-electron chi connectivity index (χ4n) is 2.29. The van der Waals surface area contributed by atoms with Gasteiger partial charge in [-0.25, -0.2) is 0 Å². The van der Waals surface area contributed by atoms with E-state index in [4.69, 9.17) is 0 Å². The summed E-state index contributed by atoms with van der Waals surface area (Å²) in [6.07, 6.45) is 7.62. The molecule has 0 aliphatic rings. The molecule has 0 aliphatic heterocycles. The normalized spacial score (nSPS) is 10.2. The fourth-order valence-corrected chi connectivity index (χ4v) is 2.29. The summed E-state index contributed by atoms with van der Waals surface area (Å²) in [5, 5.41) is 0. The average Bonchev–Trinajstić information content (AvgIpc) is 2.87. The highest BCUT2D eigenvalue weighted by Crippen LogP contribution is 2.03. The van der Waals surface area contributed by atoms with Crippen molar-refractivity contribution >= 4 is 28.9 Å². The Kier molecular flexibility index (Phi) is 41.1. The number of hydrogen-bond donors (Lipinski definition) is 0. The second-order valence-corrected chi connectivity index (χ2v) is 9.48. The van der Waals surface area contributed by atoms with Crippen LogP contribution in [0.1, 0.15) is 154 Å². The van der Waals surface area contributed by atoms with E-state index in [1.165, 1.54) is 0 Å². The maximum Gasteiger partial charge on any atom is 0.135 e. The zero-order chi connectivity index (χ0) is 29.7. The molecule has 0 heterocycles. The lowest BCUT2D eigenvalue weighted by atomic mass is 10.0. The lowest BCUT2D eigenvalue weighted by Crippen LogP contribution is -2.06. The zero-order valence-electron chi connectivity index (χ0n) is 26.3. The minimum absolute atomic E-state index is 0.227. The Morgan fingerprint density at radius 2 is 0.889 bits per heavy atom. The second-order valence-electron chi connectivity index (χ2n) is 9.48. The summed E-state index contributed by atoms with van der Waals surface area (Å²) in [6.45, 7) is 25.4. The van der Waals surface area contributed by atoms with Crippen LogP contribution in [0, 0.1) is 17.8 Å². The van der Waals surface area contributed by atoms with E-state index in [2.05, 4.69) is 13.8 Å². The van der Waals surface area contributed by atoms with E-state index < -0.39 is 0 Å². The Morgan fingerprint density at radius 1 is 0.500 bits per heavy atom. The smallest absolute Gasteiger partial charge is 0.135 e. The molecule has 0 N–H and O–H groups in total. The Morgan fingerprint density at radius 3 is 0.972 bits per heavy atom. The molecule has 0 aromatic rings. The molecule has 5 nitrogen and oxygen atoms in total. The quantitative estimate of drug-likeness (QED) is 0.245. The lowest BCUT2D eigenvalue weighted by molar-refractivity contribution is -0.122. The van der Waals surface area contributed by atoms with Crippen LogP contribution in [-0.2, 0) is 24.0 Å². The number of carbonyl (C=O) groups is 5. The van der Waals surface area contributed by atoms with Gasteiger partial charge in [-0.3, -0.25) is 24.0 Å². The van der Waals surface area contributed by atoms with Crippen molar-refractivity contribution in [1.82, 2.24) is 0 Å². The number of rotatable bonds is 13. The first-order valence-electron chi connectivity index (χ1n) is 14.3. The van der Waals surface area contributed by atoms with Gasteiger partial charge in [0.15, 0.2) is 0 Å². The highest BCUT2D eigenvalue weighted by atomic mass is 16.1.